The van der Waals surface area contributed by atoms with Crippen molar-refractivity contribution in [2.75, 3.05) is 12.8 Å². The molecule has 0 saturated heterocycles. The van der Waals surface area contributed by atoms with Crippen molar-refractivity contribution in [3.8, 4) is 0 Å². The summed E-state index contributed by atoms with van der Waals surface area (Å²) in [6.07, 6.45) is 4.89. The van der Waals surface area contributed by atoms with Crippen LogP contribution in [0.25, 0.3) is 17.0 Å². The van der Waals surface area contributed by atoms with Gasteiger partial charge >= 0.3 is 0 Å². The molecule has 1 amide bonds. The van der Waals surface area contributed by atoms with Crippen LogP contribution in [0, 0.1) is 6.92 Å². The summed E-state index contributed by atoms with van der Waals surface area (Å²) in [6.45, 7) is 2.41. The zero-order chi connectivity index (χ0) is 17.1. The van der Waals surface area contributed by atoms with Crippen LogP contribution in [-0.2, 0) is 11.3 Å². The molecule has 0 aliphatic carbocycles. The Bertz CT molecular complexity index is 895. The molecule has 0 atom stereocenters. The van der Waals surface area contributed by atoms with E-state index in [4.69, 9.17) is 10.2 Å². The van der Waals surface area contributed by atoms with Gasteiger partial charge in [-0.25, -0.2) is 4.98 Å². The van der Waals surface area contributed by atoms with E-state index in [1.807, 2.05) is 37.3 Å². The molecule has 3 aromatic rings. The zero-order valence-corrected chi connectivity index (χ0v) is 13.7. The zero-order valence-electron chi connectivity index (χ0n) is 13.7. The molecule has 0 aliphatic heterocycles. The number of carbonyl (C=O) groups is 1. The standard InChI is InChI=1S/C19H19N3O2/c1-13-16(15-5-3-4-6-17(15)24-13)12-22(2)19(23)10-8-14-7-9-18(20)21-11-14/h3-11H,12H2,1-2H3,(H2,20,21)/b10-8+. The highest BCUT2D eigenvalue weighted by Crippen LogP contribution is 2.26. The molecule has 0 aliphatic rings. The van der Waals surface area contributed by atoms with Crippen LogP contribution in [0.2, 0.25) is 0 Å². The fourth-order valence-electron chi connectivity index (χ4n) is 2.54. The van der Waals surface area contributed by atoms with Gasteiger partial charge in [-0.15, -0.1) is 0 Å². The maximum Gasteiger partial charge on any atom is 0.246 e. The summed E-state index contributed by atoms with van der Waals surface area (Å²) in [6, 6.07) is 11.4. The fourth-order valence-corrected chi connectivity index (χ4v) is 2.54. The fraction of sp³-hybridized carbons (Fsp3) is 0.158. The van der Waals surface area contributed by atoms with Gasteiger partial charge < -0.3 is 15.1 Å². The minimum atomic E-state index is -0.0866. The Morgan fingerprint density at radius 1 is 1.29 bits per heavy atom. The van der Waals surface area contributed by atoms with Gasteiger partial charge in [0, 0.05) is 36.8 Å². The second-order valence-electron chi connectivity index (χ2n) is 5.68. The number of nitrogens with two attached hydrogens (primary N) is 1. The second-order valence-corrected chi connectivity index (χ2v) is 5.68. The maximum absolute atomic E-state index is 12.3. The molecule has 2 heterocycles. The molecule has 0 unspecified atom stereocenters. The van der Waals surface area contributed by atoms with Crippen LogP contribution in [0.15, 0.2) is 53.1 Å². The Balaban J connectivity index is 1.74. The highest BCUT2D eigenvalue weighted by molar-refractivity contribution is 5.92. The molecular weight excluding hydrogens is 302 g/mol. The normalized spacial score (nSPS) is 11.2. The summed E-state index contributed by atoms with van der Waals surface area (Å²) < 4.78 is 5.74. The third kappa shape index (κ3) is 3.30. The van der Waals surface area contributed by atoms with Gasteiger partial charge in [-0.2, -0.15) is 0 Å². The molecule has 2 N–H and O–H groups in total. The van der Waals surface area contributed by atoms with Gasteiger partial charge in [0.05, 0.1) is 0 Å². The molecule has 0 bridgehead atoms. The number of hydrogen-bond acceptors (Lipinski definition) is 4. The highest BCUT2D eigenvalue weighted by Gasteiger charge is 2.14. The topological polar surface area (TPSA) is 72.4 Å². The Kier molecular flexibility index (Phi) is 4.33. The monoisotopic (exact) mass is 321 g/mol. The van der Waals surface area contributed by atoms with Gasteiger partial charge in [0.2, 0.25) is 5.91 Å². The predicted molar refractivity (Wildman–Crippen MR) is 95.1 cm³/mol. The van der Waals surface area contributed by atoms with Crippen molar-refractivity contribution in [2.24, 2.45) is 0 Å². The van der Waals surface area contributed by atoms with Gasteiger partial charge in [-0.05, 0) is 36.8 Å². The summed E-state index contributed by atoms with van der Waals surface area (Å²) in [5.41, 5.74) is 8.25. The summed E-state index contributed by atoms with van der Waals surface area (Å²) in [5, 5.41) is 1.04. The van der Waals surface area contributed by atoms with Crippen molar-refractivity contribution in [1.29, 1.82) is 0 Å². The first-order chi connectivity index (χ1) is 11.5. The number of benzene rings is 1. The SMILES string of the molecule is Cc1oc2ccccc2c1CN(C)C(=O)/C=C/c1ccc(N)nc1. The van der Waals surface area contributed by atoms with E-state index in [0.717, 1.165) is 27.9 Å². The minimum absolute atomic E-state index is 0.0866. The first kappa shape index (κ1) is 15.8. The van der Waals surface area contributed by atoms with Gasteiger partial charge in [-0.1, -0.05) is 18.2 Å². The second kappa shape index (κ2) is 6.58. The molecule has 5 heteroatoms. The Hall–Kier alpha value is -3.08. The summed E-state index contributed by atoms with van der Waals surface area (Å²) in [7, 11) is 1.77. The molecule has 1 aromatic carbocycles. The quantitative estimate of drug-likeness (QED) is 0.748. The molecule has 0 saturated carbocycles. The number of fused-ring (bicyclic) bond motifs is 1. The number of likely N-dealkylation sites (N-methyl/N-ethyl adjacent to an activating group) is 1. The third-order valence-electron chi connectivity index (χ3n) is 3.90. The van der Waals surface area contributed by atoms with E-state index in [0.29, 0.717) is 12.4 Å². The van der Waals surface area contributed by atoms with Crippen LogP contribution in [0.5, 0.6) is 0 Å². The number of carbonyl (C=O) groups excluding carboxylic acids is 1. The van der Waals surface area contributed by atoms with Crippen LogP contribution in [-0.4, -0.2) is 22.8 Å². The van der Waals surface area contributed by atoms with E-state index in [-0.39, 0.29) is 5.91 Å². The molecule has 3 rings (SSSR count). The van der Waals surface area contributed by atoms with Crippen LogP contribution < -0.4 is 5.73 Å². The maximum atomic E-state index is 12.3. The first-order valence-electron chi connectivity index (χ1n) is 7.66. The number of para-hydroxylation sites is 1. The lowest BCUT2D eigenvalue weighted by molar-refractivity contribution is -0.125. The van der Waals surface area contributed by atoms with Crippen molar-refractivity contribution >= 4 is 28.8 Å². The van der Waals surface area contributed by atoms with Gasteiger partial charge in [0.1, 0.15) is 17.2 Å². The van der Waals surface area contributed by atoms with E-state index in [9.17, 15) is 4.79 Å². The number of hydrogen-bond donors (Lipinski definition) is 1. The van der Waals surface area contributed by atoms with E-state index in [1.54, 1.807) is 30.3 Å². The number of pyridine rings is 1. The molecule has 2 aromatic heterocycles. The van der Waals surface area contributed by atoms with Crippen LogP contribution in [0.4, 0.5) is 5.82 Å². The molecule has 0 fully saturated rings. The summed E-state index contributed by atoms with van der Waals surface area (Å²) >= 11 is 0. The molecule has 122 valence electrons. The molecule has 5 nitrogen and oxygen atoms in total. The van der Waals surface area contributed by atoms with E-state index in [2.05, 4.69) is 4.98 Å². The minimum Gasteiger partial charge on any atom is -0.461 e. The number of aryl methyl sites for hydroxylation is 1. The van der Waals surface area contributed by atoms with Crippen molar-refractivity contribution in [1.82, 2.24) is 9.88 Å². The summed E-state index contributed by atoms with van der Waals surface area (Å²) in [4.78, 5) is 18.0. The van der Waals surface area contributed by atoms with Crippen molar-refractivity contribution in [2.45, 2.75) is 13.5 Å². The lowest BCUT2D eigenvalue weighted by Gasteiger charge is -2.15. The number of anilines is 1. The number of amides is 1. The van der Waals surface area contributed by atoms with Crippen molar-refractivity contribution in [3.05, 3.63) is 65.6 Å². The smallest absolute Gasteiger partial charge is 0.246 e. The Morgan fingerprint density at radius 3 is 2.83 bits per heavy atom. The van der Waals surface area contributed by atoms with E-state index >= 15 is 0 Å². The van der Waals surface area contributed by atoms with Gasteiger partial charge in [0.25, 0.3) is 0 Å². The predicted octanol–water partition coefficient (Wildman–Crippen LogP) is 3.39. The summed E-state index contributed by atoms with van der Waals surface area (Å²) in [5.74, 6) is 1.21. The average molecular weight is 321 g/mol. The average Bonchev–Trinajstić information content (AvgIpc) is 2.90. The van der Waals surface area contributed by atoms with Gasteiger partial charge in [-0.3, -0.25) is 4.79 Å². The molecule has 0 radical (unpaired) electrons. The molecule has 24 heavy (non-hydrogen) atoms. The van der Waals surface area contributed by atoms with Crippen LogP contribution in [0.1, 0.15) is 16.9 Å². The largest absolute Gasteiger partial charge is 0.461 e. The van der Waals surface area contributed by atoms with Crippen molar-refractivity contribution in [3.63, 3.8) is 0 Å². The first-order valence-corrected chi connectivity index (χ1v) is 7.66. The number of nitrogen functional groups attached to an aromatic ring is 1. The molecule has 0 spiro atoms. The van der Waals surface area contributed by atoms with E-state index in [1.165, 1.54) is 6.08 Å². The van der Waals surface area contributed by atoms with E-state index < -0.39 is 0 Å². The van der Waals surface area contributed by atoms with Crippen molar-refractivity contribution < 1.29 is 9.21 Å². The number of furan rings is 1. The number of rotatable bonds is 4. The Labute approximate surface area is 140 Å². The third-order valence-corrected chi connectivity index (χ3v) is 3.90. The molecular formula is C19H19N3O2. The lowest BCUT2D eigenvalue weighted by Crippen LogP contribution is -2.24. The Morgan fingerprint density at radius 2 is 2.08 bits per heavy atom. The number of nitrogens with zero attached hydrogens (tertiary/aromatic N) is 2. The number of aromatic nitrogens is 1. The van der Waals surface area contributed by atoms with Gasteiger partial charge in [0.15, 0.2) is 0 Å². The highest BCUT2D eigenvalue weighted by atomic mass is 16.3. The lowest BCUT2D eigenvalue weighted by atomic mass is 10.1. The van der Waals surface area contributed by atoms with Crippen LogP contribution in [0.3, 0.4) is 0 Å². The van der Waals surface area contributed by atoms with Crippen LogP contribution >= 0.6 is 0 Å².